The van der Waals surface area contributed by atoms with Crippen molar-refractivity contribution >= 4 is 5.97 Å². The topological polar surface area (TPSA) is 26.3 Å². The molecule has 5 atom stereocenters. The molecule has 0 heterocycles. The Hall–Kier alpha value is -0.530. The van der Waals surface area contributed by atoms with Crippen molar-refractivity contribution in [2.75, 3.05) is 0 Å². The van der Waals surface area contributed by atoms with Gasteiger partial charge in [-0.25, -0.2) is 0 Å². The van der Waals surface area contributed by atoms with E-state index in [0.29, 0.717) is 18.4 Å². The maximum atomic E-state index is 11.3. The molecule has 4 rings (SSSR count). The molecule has 2 nitrogen and oxygen atoms in total. The maximum Gasteiger partial charge on any atom is 0.305 e. The standard InChI is InChI=1S/C12H18O2/c1-2-11(13)14-12-9-4-7-3-8(6-9)10(12)5-7/h7-10,12H,2-6H2,1H3. The molecule has 4 saturated carbocycles. The number of hydrogen-bond acceptors (Lipinski definition) is 2. The molecule has 4 aliphatic carbocycles. The molecule has 0 spiro atoms. The Morgan fingerprint density at radius 2 is 2.00 bits per heavy atom. The van der Waals surface area contributed by atoms with Crippen molar-refractivity contribution in [3.8, 4) is 0 Å². The largest absolute Gasteiger partial charge is 0.462 e. The third-order valence-corrected chi connectivity index (χ3v) is 4.53. The van der Waals surface area contributed by atoms with Gasteiger partial charge in [0, 0.05) is 6.42 Å². The van der Waals surface area contributed by atoms with Crippen molar-refractivity contribution in [3.05, 3.63) is 0 Å². The lowest BCUT2D eigenvalue weighted by Gasteiger charge is -2.31. The van der Waals surface area contributed by atoms with Gasteiger partial charge in [0.1, 0.15) is 6.10 Å². The molecule has 4 bridgehead atoms. The van der Waals surface area contributed by atoms with Crippen molar-refractivity contribution < 1.29 is 9.53 Å². The molecule has 0 aromatic rings. The van der Waals surface area contributed by atoms with Gasteiger partial charge < -0.3 is 4.74 Å². The van der Waals surface area contributed by atoms with Crippen LogP contribution in [0.2, 0.25) is 0 Å². The van der Waals surface area contributed by atoms with E-state index >= 15 is 0 Å². The summed E-state index contributed by atoms with van der Waals surface area (Å²) >= 11 is 0. The number of rotatable bonds is 2. The molecule has 4 aliphatic rings. The van der Waals surface area contributed by atoms with E-state index in [1.54, 1.807) is 0 Å². The van der Waals surface area contributed by atoms with E-state index < -0.39 is 0 Å². The highest BCUT2D eigenvalue weighted by atomic mass is 16.5. The first kappa shape index (κ1) is 8.75. The van der Waals surface area contributed by atoms with E-state index in [-0.39, 0.29) is 5.97 Å². The van der Waals surface area contributed by atoms with Gasteiger partial charge in [-0.15, -0.1) is 0 Å². The van der Waals surface area contributed by atoms with Crippen molar-refractivity contribution in [1.82, 2.24) is 0 Å². The summed E-state index contributed by atoms with van der Waals surface area (Å²) in [5.74, 6) is 3.32. The van der Waals surface area contributed by atoms with Gasteiger partial charge in [-0.3, -0.25) is 4.79 Å². The fourth-order valence-corrected chi connectivity index (χ4v) is 4.09. The van der Waals surface area contributed by atoms with E-state index in [9.17, 15) is 4.79 Å². The Morgan fingerprint density at radius 3 is 2.71 bits per heavy atom. The second kappa shape index (κ2) is 2.98. The SMILES string of the molecule is CCC(=O)OC1C2CC3CC(C2)C1C3. The van der Waals surface area contributed by atoms with Crippen molar-refractivity contribution in [3.63, 3.8) is 0 Å². The molecule has 78 valence electrons. The van der Waals surface area contributed by atoms with Crippen LogP contribution in [0.15, 0.2) is 0 Å². The van der Waals surface area contributed by atoms with Gasteiger partial charge in [0.15, 0.2) is 0 Å². The molecule has 0 aliphatic heterocycles. The molecule has 0 saturated heterocycles. The van der Waals surface area contributed by atoms with Crippen LogP contribution < -0.4 is 0 Å². The van der Waals surface area contributed by atoms with Gasteiger partial charge in [0.2, 0.25) is 0 Å². The molecule has 2 heteroatoms. The van der Waals surface area contributed by atoms with Crippen LogP contribution in [0.3, 0.4) is 0 Å². The van der Waals surface area contributed by atoms with Crippen LogP contribution in [0.5, 0.6) is 0 Å². The van der Waals surface area contributed by atoms with Gasteiger partial charge in [-0.05, 0) is 49.4 Å². The quantitative estimate of drug-likeness (QED) is 0.631. The number of esters is 1. The van der Waals surface area contributed by atoms with Gasteiger partial charge >= 0.3 is 5.97 Å². The summed E-state index contributed by atoms with van der Waals surface area (Å²) in [6, 6.07) is 0. The van der Waals surface area contributed by atoms with Crippen LogP contribution >= 0.6 is 0 Å². The summed E-state index contributed by atoms with van der Waals surface area (Å²) in [4.78, 5) is 11.3. The Bertz CT molecular complexity index is 257. The van der Waals surface area contributed by atoms with Crippen LogP contribution in [0, 0.1) is 23.7 Å². The summed E-state index contributed by atoms with van der Waals surface area (Å²) in [6.07, 6.45) is 6.25. The summed E-state index contributed by atoms with van der Waals surface area (Å²) in [5, 5.41) is 0. The molecule has 0 aromatic carbocycles. The molecule has 0 amide bonds. The smallest absolute Gasteiger partial charge is 0.305 e. The van der Waals surface area contributed by atoms with Crippen molar-refractivity contribution in [2.24, 2.45) is 23.7 Å². The number of carbonyl (C=O) groups excluding carboxylic acids is 1. The van der Waals surface area contributed by atoms with E-state index in [1.807, 2.05) is 6.92 Å². The zero-order chi connectivity index (χ0) is 9.71. The van der Waals surface area contributed by atoms with E-state index in [4.69, 9.17) is 4.74 Å². The Labute approximate surface area is 85.0 Å². The third kappa shape index (κ3) is 1.12. The highest BCUT2D eigenvalue weighted by Crippen LogP contribution is 2.58. The van der Waals surface area contributed by atoms with Gasteiger partial charge in [0.25, 0.3) is 0 Å². The normalized spacial score (nSPS) is 48.5. The van der Waals surface area contributed by atoms with E-state index in [1.165, 1.54) is 25.7 Å². The fraction of sp³-hybridized carbons (Fsp3) is 0.917. The zero-order valence-corrected chi connectivity index (χ0v) is 8.74. The monoisotopic (exact) mass is 194 g/mol. The third-order valence-electron chi connectivity index (χ3n) is 4.53. The molecule has 0 radical (unpaired) electrons. The zero-order valence-electron chi connectivity index (χ0n) is 8.74. The first-order valence-electron chi connectivity index (χ1n) is 5.97. The van der Waals surface area contributed by atoms with Crippen LogP contribution in [-0.2, 0) is 9.53 Å². The lowest BCUT2D eigenvalue weighted by molar-refractivity contribution is -0.154. The molecule has 5 unspecified atom stereocenters. The Kier molecular flexibility index (Phi) is 1.86. The minimum absolute atomic E-state index is 0.00556. The predicted molar refractivity (Wildman–Crippen MR) is 52.6 cm³/mol. The van der Waals surface area contributed by atoms with Crippen LogP contribution in [0.25, 0.3) is 0 Å². The first-order chi connectivity index (χ1) is 6.78. The van der Waals surface area contributed by atoms with E-state index in [2.05, 4.69) is 0 Å². The second-order valence-corrected chi connectivity index (χ2v) is 5.30. The van der Waals surface area contributed by atoms with Gasteiger partial charge in [-0.1, -0.05) is 6.92 Å². The van der Waals surface area contributed by atoms with Crippen molar-refractivity contribution in [2.45, 2.75) is 45.1 Å². The highest BCUT2D eigenvalue weighted by Gasteiger charge is 2.55. The average molecular weight is 194 g/mol. The summed E-state index contributed by atoms with van der Waals surface area (Å²) in [5.41, 5.74) is 0. The molecular weight excluding hydrogens is 176 g/mol. The Morgan fingerprint density at radius 1 is 1.21 bits per heavy atom. The maximum absolute atomic E-state index is 11.3. The summed E-state index contributed by atoms with van der Waals surface area (Å²) in [7, 11) is 0. The van der Waals surface area contributed by atoms with Gasteiger partial charge in [0.05, 0.1) is 0 Å². The lowest BCUT2D eigenvalue weighted by Crippen LogP contribution is -2.32. The van der Waals surface area contributed by atoms with Gasteiger partial charge in [-0.2, -0.15) is 0 Å². The van der Waals surface area contributed by atoms with Crippen LogP contribution in [0.4, 0.5) is 0 Å². The van der Waals surface area contributed by atoms with Crippen molar-refractivity contribution in [1.29, 1.82) is 0 Å². The van der Waals surface area contributed by atoms with Crippen LogP contribution in [0.1, 0.15) is 39.0 Å². The molecule has 0 N–H and O–H groups in total. The number of carbonyl (C=O) groups is 1. The number of ether oxygens (including phenoxy) is 1. The first-order valence-corrected chi connectivity index (χ1v) is 5.97. The van der Waals surface area contributed by atoms with E-state index in [0.717, 1.165) is 17.8 Å². The minimum Gasteiger partial charge on any atom is -0.462 e. The lowest BCUT2D eigenvalue weighted by atomic mass is 9.80. The highest BCUT2D eigenvalue weighted by molar-refractivity contribution is 5.69. The molecule has 4 fully saturated rings. The molecule has 14 heavy (non-hydrogen) atoms. The molecular formula is C12H18O2. The summed E-state index contributed by atoms with van der Waals surface area (Å²) in [6.45, 7) is 1.88. The fourth-order valence-electron chi connectivity index (χ4n) is 4.09. The predicted octanol–water partition coefficient (Wildman–Crippen LogP) is 2.37. The molecule has 0 aromatic heterocycles. The number of hydrogen-bond donors (Lipinski definition) is 0. The summed E-state index contributed by atoms with van der Waals surface area (Å²) < 4.78 is 5.59. The minimum atomic E-state index is 0.00556. The Balaban J connectivity index is 1.73. The van der Waals surface area contributed by atoms with Crippen LogP contribution in [-0.4, -0.2) is 12.1 Å². The second-order valence-electron chi connectivity index (χ2n) is 5.30. The average Bonchev–Trinajstić information content (AvgIpc) is 2.59.